The molecule has 0 aromatic rings. The van der Waals surface area contributed by atoms with Crippen LogP contribution in [0.1, 0.15) is 39.5 Å². The molecule has 0 radical (unpaired) electrons. The van der Waals surface area contributed by atoms with Gasteiger partial charge in [0.1, 0.15) is 0 Å². The summed E-state index contributed by atoms with van der Waals surface area (Å²) in [6.45, 7) is 9.09. The number of likely N-dealkylation sites (N-methyl/N-ethyl adjacent to an activating group) is 1. The van der Waals surface area contributed by atoms with E-state index in [9.17, 15) is 9.59 Å². The summed E-state index contributed by atoms with van der Waals surface area (Å²) in [5, 5.41) is 14.9. The van der Waals surface area contributed by atoms with Gasteiger partial charge in [-0.25, -0.2) is 4.79 Å². The summed E-state index contributed by atoms with van der Waals surface area (Å²) < 4.78 is 0. The minimum absolute atomic E-state index is 0.0794. The number of nitrogens with zero attached hydrogens (tertiary/aromatic N) is 2. The Labute approximate surface area is 144 Å². The first kappa shape index (κ1) is 19.0. The highest BCUT2D eigenvalue weighted by molar-refractivity contribution is 5.74. The highest BCUT2D eigenvalue weighted by Gasteiger charge is 2.34. The van der Waals surface area contributed by atoms with Crippen LogP contribution in [-0.2, 0) is 4.79 Å². The fourth-order valence-corrected chi connectivity index (χ4v) is 3.75. The largest absolute Gasteiger partial charge is 0.480 e. The van der Waals surface area contributed by atoms with Crippen LogP contribution >= 0.6 is 0 Å². The van der Waals surface area contributed by atoms with Gasteiger partial charge in [-0.1, -0.05) is 13.8 Å². The van der Waals surface area contributed by atoms with Gasteiger partial charge in [0, 0.05) is 25.2 Å². The Morgan fingerprint density at radius 3 is 2.67 bits per heavy atom. The molecule has 7 nitrogen and oxygen atoms in total. The minimum Gasteiger partial charge on any atom is -0.480 e. The molecular weight excluding hydrogens is 308 g/mol. The molecule has 24 heavy (non-hydrogen) atoms. The van der Waals surface area contributed by atoms with E-state index in [4.69, 9.17) is 5.11 Å². The van der Waals surface area contributed by atoms with E-state index in [0.29, 0.717) is 5.92 Å². The Balaban J connectivity index is 1.58. The van der Waals surface area contributed by atoms with Gasteiger partial charge in [-0.3, -0.25) is 9.69 Å². The van der Waals surface area contributed by atoms with Gasteiger partial charge < -0.3 is 20.6 Å². The van der Waals surface area contributed by atoms with Crippen molar-refractivity contribution in [3.63, 3.8) is 0 Å². The average Bonchev–Trinajstić information content (AvgIpc) is 2.94. The van der Waals surface area contributed by atoms with Crippen LogP contribution in [0, 0.1) is 5.92 Å². The third-order valence-electron chi connectivity index (χ3n) is 5.17. The third kappa shape index (κ3) is 5.63. The zero-order chi connectivity index (χ0) is 17.5. The number of carboxylic acid groups (broad SMARTS) is 1. The van der Waals surface area contributed by atoms with Crippen molar-refractivity contribution in [1.29, 1.82) is 0 Å². The molecule has 1 atom stereocenters. The third-order valence-corrected chi connectivity index (χ3v) is 5.17. The van der Waals surface area contributed by atoms with E-state index in [0.717, 1.165) is 52.0 Å². The van der Waals surface area contributed by atoms with Gasteiger partial charge in [-0.15, -0.1) is 0 Å². The van der Waals surface area contributed by atoms with Crippen molar-refractivity contribution in [3.05, 3.63) is 0 Å². The SMILES string of the molecule is CCCN1CCC(CNC(=O)NC2CC(N(CC)CC(=O)O)C2)C1. The maximum Gasteiger partial charge on any atom is 0.317 e. The summed E-state index contributed by atoms with van der Waals surface area (Å²) in [5.41, 5.74) is 0. The van der Waals surface area contributed by atoms with Crippen LogP contribution < -0.4 is 10.6 Å². The number of hydrogen-bond donors (Lipinski definition) is 3. The van der Waals surface area contributed by atoms with Crippen molar-refractivity contribution in [1.82, 2.24) is 20.4 Å². The van der Waals surface area contributed by atoms with Crippen LogP contribution in [0.25, 0.3) is 0 Å². The Hall–Kier alpha value is -1.34. The molecule has 1 aliphatic heterocycles. The van der Waals surface area contributed by atoms with E-state index < -0.39 is 5.97 Å². The molecule has 0 aromatic heterocycles. The molecule has 0 aromatic carbocycles. The predicted molar refractivity (Wildman–Crippen MR) is 93.1 cm³/mol. The number of hydrogen-bond acceptors (Lipinski definition) is 4. The average molecular weight is 340 g/mol. The molecule has 2 aliphatic rings. The molecule has 1 aliphatic carbocycles. The molecule has 3 N–H and O–H groups in total. The molecule has 1 heterocycles. The smallest absolute Gasteiger partial charge is 0.317 e. The lowest BCUT2D eigenvalue weighted by molar-refractivity contribution is -0.139. The van der Waals surface area contributed by atoms with Crippen molar-refractivity contribution in [2.75, 3.05) is 39.3 Å². The van der Waals surface area contributed by atoms with E-state index in [2.05, 4.69) is 22.5 Å². The number of aliphatic carboxylic acids is 1. The first-order valence-corrected chi connectivity index (χ1v) is 9.24. The van der Waals surface area contributed by atoms with Crippen LogP contribution in [0.3, 0.4) is 0 Å². The minimum atomic E-state index is -0.792. The van der Waals surface area contributed by atoms with Crippen LogP contribution in [0.5, 0.6) is 0 Å². The van der Waals surface area contributed by atoms with Crippen LogP contribution in [0.15, 0.2) is 0 Å². The predicted octanol–water partition coefficient (Wildman–Crippen LogP) is 0.955. The zero-order valence-electron chi connectivity index (χ0n) is 15.0. The molecule has 2 amide bonds. The quantitative estimate of drug-likeness (QED) is 0.582. The number of carboxylic acids is 1. The number of urea groups is 1. The summed E-state index contributed by atoms with van der Waals surface area (Å²) >= 11 is 0. The van der Waals surface area contributed by atoms with Crippen molar-refractivity contribution in [2.24, 2.45) is 5.92 Å². The highest BCUT2D eigenvalue weighted by atomic mass is 16.4. The maximum atomic E-state index is 12.0. The topological polar surface area (TPSA) is 84.9 Å². The van der Waals surface area contributed by atoms with Crippen molar-refractivity contribution in [2.45, 2.75) is 51.6 Å². The van der Waals surface area contributed by atoms with Crippen LogP contribution in [-0.4, -0.2) is 78.3 Å². The van der Waals surface area contributed by atoms with E-state index in [1.54, 1.807) is 0 Å². The second-order valence-electron chi connectivity index (χ2n) is 7.09. The molecular formula is C17H32N4O3. The van der Waals surface area contributed by atoms with Gasteiger partial charge in [0.25, 0.3) is 0 Å². The Morgan fingerprint density at radius 2 is 2.04 bits per heavy atom. The molecule has 2 rings (SSSR count). The first-order chi connectivity index (χ1) is 11.5. The molecule has 7 heteroatoms. The van der Waals surface area contributed by atoms with Gasteiger partial charge in [0.05, 0.1) is 6.54 Å². The van der Waals surface area contributed by atoms with Gasteiger partial charge in [0.2, 0.25) is 0 Å². The second kappa shape index (κ2) is 9.22. The lowest BCUT2D eigenvalue weighted by Gasteiger charge is -2.42. The van der Waals surface area contributed by atoms with E-state index >= 15 is 0 Å². The summed E-state index contributed by atoms with van der Waals surface area (Å²) in [6.07, 6.45) is 4.01. The maximum absolute atomic E-state index is 12.0. The molecule has 1 saturated heterocycles. The number of amides is 2. The number of carbonyl (C=O) groups is 2. The van der Waals surface area contributed by atoms with Gasteiger partial charge in [-0.2, -0.15) is 0 Å². The van der Waals surface area contributed by atoms with E-state index in [-0.39, 0.29) is 24.7 Å². The van der Waals surface area contributed by atoms with Gasteiger partial charge in [0.15, 0.2) is 0 Å². The molecule has 1 unspecified atom stereocenters. The first-order valence-electron chi connectivity index (χ1n) is 9.24. The fraction of sp³-hybridized carbons (Fsp3) is 0.882. The van der Waals surface area contributed by atoms with Crippen molar-refractivity contribution in [3.8, 4) is 0 Å². The normalized spacial score (nSPS) is 27.0. The number of nitrogens with one attached hydrogen (secondary N) is 2. The van der Waals surface area contributed by atoms with E-state index in [1.165, 1.54) is 6.42 Å². The van der Waals surface area contributed by atoms with Crippen LogP contribution in [0.4, 0.5) is 4.79 Å². The summed E-state index contributed by atoms with van der Waals surface area (Å²) in [6, 6.07) is 0.348. The number of likely N-dealkylation sites (tertiary alicyclic amines) is 1. The fourth-order valence-electron chi connectivity index (χ4n) is 3.75. The Bertz CT molecular complexity index is 426. The molecule has 2 fully saturated rings. The van der Waals surface area contributed by atoms with Gasteiger partial charge >= 0.3 is 12.0 Å². The number of rotatable bonds is 9. The van der Waals surface area contributed by atoms with E-state index in [1.807, 2.05) is 11.8 Å². The summed E-state index contributed by atoms with van der Waals surface area (Å²) in [7, 11) is 0. The Morgan fingerprint density at radius 1 is 1.29 bits per heavy atom. The van der Waals surface area contributed by atoms with Gasteiger partial charge in [-0.05, 0) is 51.2 Å². The summed E-state index contributed by atoms with van der Waals surface area (Å²) in [4.78, 5) is 27.2. The molecule has 1 saturated carbocycles. The highest BCUT2D eigenvalue weighted by Crippen LogP contribution is 2.25. The van der Waals surface area contributed by atoms with Crippen molar-refractivity contribution >= 4 is 12.0 Å². The standard InChI is InChI=1S/C17H32N4O3/c1-3-6-20-7-5-13(11-20)10-18-17(24)19-14-8-15(9-14)21(4-2)12-16(22)23/h13-15H,3-12H2,1-2H3,(H,22,23)(H2,18,19,24). The number of carbonyl (C=O) groups excluding carboxylic acids is 1. The molecule has 0 bridgehead atoms. The lowest BCUT2D eigenvalue weighted by atomic mass is 9.85. The lowest BCUT2D eigenvalue weighted by Crippen LogP contribution is -2.56. The molecule has 138 valence electrons. The van der Waals surface area contributed by atoms with Crippen LogP contribution in [0.2, 0.25) is 0 Å². The second-order valence-corrected chi connectivity index (χ2v) is 7.09. The summed E-state index contributed by atoms with van der Waals surface area (Å²) in [5.74, 6) is -0.234. The molecule has 0 spiro atoms. The monoisotopic (exact) mass is 340 g/mol. The Kier molecular flexibility index (Phi) is 7.30. The van der Waals surface area contributed by atoms with Crippen molar-refractivity contribution < 1.29 is 14.7 Å². The zero-order valence-corrected chi connectivity index (χ0v) is 15.0.